The number of carbonyl (C=O) groups is 3. The standard InChI is InChI=1S/C29H35F3N6O3/c1-16-18(19-9-7-8-12-38(19)36-16)11-10-17(13-33)34-22(39)21-28-14-27(28,26(28,5)6)15-37(21)23(40)20(25(2,3)4)35-24(41)29(30,31)32/h7-9,12,17,20-21H,10-11,14-15H2,1-6H3,(H,34,39)(H,35,41)/t17?,20-,21-,27?,28+/m1/s1. The second kappa shape index (κ2) is 8.94. The molecule has 220 valence electrons. The van der Waals surface area contributed by atoms with Crippen molar-refractivity contribution in [3.63, 3.8) is 0 Å². The van der Waals surface area contributed by atoms with E-state index in [9.17, 15) is 32.8 Å². The second-order valence-electron chi connectivity index (χ2n) is 13.3. The Morgan fingerprint density at radius 2 is 1.88 bits per heavy atom. The Hall–Kier alpha value is -3.62. The molecule has 3 fully saturated rings. The summed E-state index contributed by atoms with van der Waals surface area (Å²) in [5.74, 6) is -3.43. The Balaban J connectivity index is 1.36. The Morgan fingerprint density at radius 1 is 1.20 bits per heavy atom. The number of fused-ring (bicyclic) bond motifs is 1. The first-order valence-corrected chi connectivity index (χ1v) is 13.7. The van der Waals surface area contributed by atoms with Crippen LogP contribution in [0.1, 0.15) is 58.7 Å². The number of aromatic nitrogens is 2. The number of nitrogens with one attached hydrogen (secondary N) is 2. The number of piperidine rings is 2. The topological polar surface area (TPSA) is 120 Å². The fourth-order valence-corrected chi connectivity index (χ4v) is 7.49. The first kappa shape index (κ1) is 28.9. The molecule has 5 rings (SSSR count). The molecule has 41 heavy (non-hydrogen) atoms. The van der Waals surface area contributed by atoms with Gasteiger partial charge in [0.05, 0.1) is 17.3 Å². The Bertz CT molecular complexity index is 1490. The van der Waals surface area contributed by atoms with Crippen molar-refractivity contribution in [1.29, 1.82) is 5.26 Å². The van der Waals surface area contributed by atoms with Crippen LogP contribution in [-0.4, -0.2) is 63.1 Å². The number of pyridine rings is 1. The number of hydrogen-bond acceptors (Lipinski definition) is 5. The Morgan fingerprint density at radius 3 is 2.46 bits per heavy atom. The number of rotatable bonds is 7. The molecule has 0 bridgehead atoms. The van der Waals surface area contributed by atoms with Crippen LogP contribution in [0.15, 0.2) is 24.4 Å². The fourth-order valence-electron chi connectivity index (χ4n) is 7.49. The third-order valence-electron chi connectivity index (χ3n) is 9.95. The maximum atomic E-state index is 13.8. The maximum absolute atomic E-state index is 13.8. The molecular formula is C29H35F3N6O3. The molecule has 3 heterocycles. The maximum Gasteiger partial charge on any atom is 0.471 e. The summed E-state index contributed by atoms with van der Waals surface area (Å²) in [5.41, 5.74) is 0.608. The van der Waals surface area contributed by atoms with Crippen LogP contribution in [0.3, 0.4) is 0 Å². The van der Waals surface area contributed by atoms with E-state index in [1.807, 2.05) is 50.5 Å². The van der Waals surface area contributed by atoms with Gasteiger partial charge in [0.25, 0.3) is 0 Å². The summed E-state index contributed by atoms with van der Waals surface area (Å²) >= 11 is 0. The van der Waals surface area contributed by atoms with E-state index in [4.69, 9.17) is 0 Å². The van der Waals surface area contributed by atoms with Crippen LogP contribution < -0.4 is 10.6 Å². The summed E-state index contributed by atoms with van der Waals surface area (Å²) in [6, 6.07) is 4.55. The normalized spacial score (nSPS) is 27.3. The zero-order valence-electron chi connectivity index (χ0n) is 24.0. The van der Waals surface area contributed by atoms with Gasteiger partial charge in [-0.1, -0.05) is 40.7 Å². The van der Waals surface area contributed by atoms with Crippen molar-refractivity contribution in [1.82, 2.24) is 25.1 Å². The van der Waals surface area contributed by atoms with Crippen molar-refractivity contribution < 1.29 is 27.6 Å². The van der Waals surface area contributed by atoms with Gasteiger partial charge in [-0.25, -0.2) is 4.52 Å². The van der Waals surface area contributed by atoms with Gasteiger partial charge in [0.1, 0.15) is 18.1 Å². The average Bonchev–Trinajstić information content (AvgIpc) is 3.49. The number of likely N-dealkylation sites (tertiary alicyclic amines) is 1. The first-order chi connectivity index (χ1) is 18.9. The summed E-state index contributed by atoms with van der Waals surface area (Å²) in [4.78, 5) is 40.8. The SMILES string of the molecule is Cc1nn2ccccc2c1CCC(C#N)NC(=O)[C@H]1N(C(=O)[C@@H](NC(=O)C(F)(F)F)C(C)(C)C)CC23C[C@@]12C3(C)C. The molecule has 2 aliphatic carbocycles. The lowest BCUT2D eigenvalue weighted by atomic mass is 9.79. The van der Waals surface area contributed by atoms with Crippen LogP contribution >= 0.6 is 0 Å². The highest BCUT2D eigenvalue weighted by Crippen LogP contribution is 3.00. The fraction of sp³-hybridized carbons (Fsp3) is 0.621. The van der Waals surface area contributed by atoms with E-state index in [0.29, 0.717) is 12.8 Å². The minimum absolute atomic E-state index is 0.213. The molecule has 2 aromatic rings. The number of nitriles is 1. The molecule has 0 radical (unpaired) electrons. The number of aryl methyl sites for hydroxylation is 2. The predicted octanol–water partition coefficient (Wildman–Crippen LogP) is 3.30. The highest BCUT2D eigenvalue weighted by atomic mass is 19.4. The quantitative estimate of drug-likeness (QED) is 0.528. The molecule has 2 unspecified atom stereocenters. The lowest BCUT2D eigenvalue weighted by Crippen LogP contribution is -2.63. The molecule has 3 amide bonds. The number of amides is 3. The van der Waals surface area contributed by atoms with E-state index in [-0.39, 0.29) is 17.4 Å². The van der Waals surface area contributed by atoms with Gasteiger partial charge in [-0.2, -0.15) is 23.5 Å². The van der Waals surface area contributed by atoms with Crippen molar-refractivity contribution in [2.24, 2.45) is 21.7 Å². The molecule has 2 aromatic heterocycles. The largest absolute Gasteiger partial charge is 0.471 e. The monoisotopic (exact) mass is 572 g/mol. The van der Waals surface area contributed by atoms with Crippen LogP contribution in [0.25, 0.3) is 5.52 Å². The number of hydrogen-bond donors (Lipinski definition) is 2. The van der Waals surface area contributed by atoms with Crippen LogP contribution in [0, 0.1) is 39.9 Å². The van der Waals surface area contributed by atoms with Gasteiger partial charge >= 0.3 is 12.1 Å². The summed E-state index contributed by atoms with van der Waals surface area (Å²) in [5, 5.41) is 19.1. The van der Waals surface area contributed by atoms with Crippen molar-refractivity contribution in [3.8, 4) is 6.07 Å². The molecule has 5 atom stereocenters. The average molecular weight is 573 g/mol. The summed E-state index contributed by atoms with van der Waals surface area (Å²) in [6.45, 7) is 10.8. The highest BCUT2D eigenvalue weighted by Gasteiger charge is 3.02. The highest BCUT2D eigenvalue weighted by molar-refractivity contribution is 5.96. The minimum atomic E-state index is -5.16. The lowest BCUT2D eigenvalue weighted by molar-refractivity contribution is -0.176. The third kappa shape index (κ3) is 4.10. The van der Waals surface area contributed by atoms with Crippen LogP contribution in [-0.2, 0) is 20.8 Å². The van der Waals surface area contributed by atoms with Gasteiger partial charge < -0.3 is 15.5 Å². The van der Waals surface area contributed by atoms with Crippen molar-refractivity contribution >= 4 is 23.2 Å². The first-order valence-electron chi connectivity index (χ1n) is 13.7. The zero-order valence-corrected chi connectivity index (χ0v) is 24.0. The van der Waals surface area contributed by atoms with E-state index < -0.39 is 52.9 Å². The van der Waals surface area contributed by atoms with Gasteiger partial charge in [0.2, 0.25) is 11.8 Å². The van der Waals surface area contributed by atoms with Gasteiger partial charge in [-0.05, 0) is 49.1 Å². The molecule has 0 aromatic carbocycles. The number of alkyl halides is 3. The summed E-state index contributed by atoms with van der Waals surface area (Å²) in [7, 11) is 0. The van der Waals surface area contributed by atoms with E-state index in [2.05, 4.69) is 16.5 Å². The number of carbonyl (C=O) groups excluding carboxylic acids is 3. The predicted molar refractivity (Wildman–Crippen MR) is 142 cm³/mol. The van der Waals surface area contributed by atoms with Gasteiger partial charge in [-0.15, -0.1) is 0 Å². The molecule has 1 aliphatic heterocycles. The summed E-state index contributed by atoms with van der Waals surface area (Å²) in [6.07, 6.45) is -1.80. The molecular weight excluding hydrogens is 537 g/mol. The van der Waals surface area contributed by atoms with E-state index >= 15 is 0 Å². The van der Waals surface area contributed by atoms with E-state index in [1.165, 1.54) is 4.90 Å². The molecule has 12 heteroatoms. The van der Waals surface area contributed by atoms with Crippen molar-refractivity contribution in [2.75, 3.05) is 6.54 Å². The molecule has 1 saturated heterocycles. The van der Waals surface area contributed by atoms with Crippen molar-refractivity contribution in [2.45, 2.75) is 85.1 Å². The van der Waals surface area contributed by atoms with Crippen LogP contribution in [0.5, 0.6) is 0 Å². The molecule has 2 saturated carbocycles. The smallest absolute Gasteiger partial charge is 0.339 e. The van der Waals surface area contributed by atoms with Crippen LogP contribution in [0.4, 0.5) is 13.2 Å². The third-order valence-corrected chi connectivity index (χ3v) is 9.95. The molecule has 3 aliphatic rings. The van der Waals surface area contributed by atoms with Gasteiger partial charge in [0, 0.05) is 29.1 Å². The van der Waals surface area contributed by atoms with Gasteiger partial charge in [0.15, 0.2) is 0 Å². The Kier molecular flexibility index (Phi) is 6.30. The molecule has 0 spiro atoms. The summed E-state index contributed by atoms with van der Waals surface area (Å²) < 4.78 is 41.1. The zero-order chi connectivity index (χ0) is 30.3. The second-order valence-corrected chi connectivity index (χ2v) is 13.3. The number of halogens is 3. The van der Waals surface area contributed by atoms with Crippen molar-refractivity contribution in [3.05, 3.63) is 35.7 Å². The van der Waals surface area contributed by atoms with E-state index in [1.54, 1.807) is 25.3 Å². The number of nitrogens with zero attached hydrogens (tertiary/aromatic N) is 4. The molecule has 2 N–H and O–H groups in total. The Labute approximate surface area is 236 Å². The van der Waals surface area contributed by atoms with Crippen LogP contribution in [0.2, 0.25) is 0 Å². The lowest BCUT2D eigenvalue weighted by Gasteiger charge is -2.42. The minimum Gasteiger partial charge on any atom is -0.339 e. The van der Waals surface area contributed by atoms with Gasteiger partial charge in [-0.3, -0.25) is 14.4 Å². The van der Waals surface area contributed by atoms with E-state index in [0.717, 1.165) is 23.2 Å². The molecule has 9 nitrogen and oxygen atoms in total.